The molecule has 2 aliphatic rings. The summed E-state index contributed by atoms with van der Waals surface area (Å²) in [5.41, 5.74) is -0.546. The number of methoxy groups -OCH3 is 2. The summed E-state index contributed by atoms with van der Waals surface area (Å²) in [6, 6.07) is 3.94. The maximum Gasteiger partial charge on any atom is 0.235 e. The van der Waals surface area contributed by atoms with Crippen molar-refractivity contribution in [3.63, 3.8) is 0 Å². The van der Waals surface area contributed by atoms with Crippen LogP contribution in [0.25, 0.3) is 0 Å². The average molecular weight is 397 g/mol. The largest absolute Gasteiger partial charge is 0.383 e. The van der Waals surface area contributed by atoms with E-state index in [1.807, 2.05) is 12.1 Å². The van der Waals surface area contributed by atoms with Crippen LogP contribution in [-0.4, -0.2) is 61.3 Å². The Bertz CT molecular complexity index is 908. The highest BCUT2D eigenvalue weighted by atomic mass is 16.5. The summed E-state index contributed by atoms with van der Waals surface area (Å²) in [7, 11) is 3.21. The van der Waals surface area contributed by atoms with Crippen LogP contribution in [0.1, 0.15) is 56.4 Å². The molecular weight excluding hydrogens is 370 g/mol. The maximum atomic E-state index is 14.0. The molecule has 1 aromatic heterocycles. The van der Waals surface area contributed by atoms with Gasteiger partial charge in [0, 0.05) is 32.7 Å². The van der Waals surface area contributed by atoms with Crippen molar-refractivity contribution in [3.05, 3.63) is 22.8 Å². The van der Waals surface area contributed by atoms with Gasteiger partial charge in [-0.05, 0) is 18.3 Å². The molecule has 0 radical (unpaired) electrons. The molecule has 0 saturated heterocycles. The van der Waals surface area contributed by atoms with Gasteiger partial charge >= 0.3 is 0 Å². The van der Waals surface area contributed by atoms with Crippen molar-refractivity contribution in [1.82, 2.24) is 14.9 Å². The quantitative estimate of drug-likeness (QED) is 0.688. The molecular formula is C21H27N5O3. The second-order valence-electron chi connectivity index (χ2n) is 8.48. The highest BCUT2D eigenvalue weighted by molar-refractivity contribution is 5.92. The summed E-state index contributed by atoms with van der Waals surface area (Å²) in [5, 5.41) is 18.9. The Kier molecular flexibility index (Phi) is 5.38. The van der Waals surface area contributed by atoms with E-state index < -0.39 is 16.2 Å². The van der Waals surface area contributed by atoms with E-state index in [0.29, 0.717) is 44.1 Å². The lowest BCUT2D eigenvalue weighted by Crippen LogP contribution is -2.54. The van der Waals surface area contributed by atoms with Crippen molar-refractivity contribution in [2.24, 2.45) is 5.41 Å². The van der Waals surface area contributed by atoms with Gasteiger partial charge in [-0.15, -0.1) is 0 Å². The predicted molar refractivity (Wildman–Crippen MR) is 104 cm³/mol. The maximum absolute atomic E-state index is 14.0. The Morgan fingerprint density at radius 3 is 2.00 bits per heavy atom. The van der Waals surface area contributed by atoms with Gasteiger partial charge in [-0.25, -0.2) is 9.97 Å². The fourth-order valence-corrected chi connectivity index (χ4v) is 5.10. The van der Waals surface area contributed by atoms with E-state index in [4.69, 9.17) is 9.47 Å². The minimum Gasteiger partial charge on any atom is -0.383 e. The van der Waals surface area contributed by atoms with Crippen molar-refractivity contribution in [2.45, 2.75) is 44.4 Å². The number of nitriles is 2. The van der Waals surface area contributed by atoms with Gasteiger partial charge in [-0.2, -0.15) is 10.5 Å². The Morgan fingerprint density at radius 1 is 1.00 bits per heavy atom. The molecule has 29 heavy (non-hydrogen) atoms. The van der Waals surface area contributed by atoms with Crippen LogP contribution in [0.5, 0.6) is 0 Å². The van der Waals surface area contributed by atoms with E-state index in [1.165, 1.54) is 0 Å². The third-order valence-corrected chi connectivity index (χ3v) is 7.26. The van der Waals surface area contributed by atoms with Crippen molar-refractivity contribution in [2.75, 3.05) is 40.5 Å². The molecule has 0 aromatic carbocycles. The lowest BCUT2D eigenvalue weighted by molar-refractivity contribution is -0.142. The van der Waals surface area contributed by atoms with Gasteiger partial charge in [0.05, 0.1) is 30.0 Å². The number of rotatable bonds is 7. The van der Waals surface area contributed by atoms with Gasteiger partial charge < -0.3 is 14.4 Å². The summed E-state index contributed by atoms with van der Waals surface area (Å²) >= 11 is 0. The standard InChI is InChI=1S/C21H27N5O3/c1-19(2)20(3)6-7-21(19,18(27)26(8-10-28-4)9-11-29-5)17-16(20)24-14(12-22)15(13-23)25-17/h6-11H2,1-5H3. The minimum atomic E-state index is -0.898. The molecule has 1 saturated carbocycles. The monoisotopic (exact) mass is 397 g/mol. The van der Waals surface area contributed by atoms with Crippen molar-refractivity contribution >= 4 is 5.91 Å². The molecule has 1 fully saturated rings. The van der Waals surface area contributed by atoms with Crippen LogP contribution < -0.4 is 0 Å². The molecule has 8 nitrogen and oxygen atoms in total. The molecule has 3 rings (SSSR count). The Morgan fingerprint density at radius 2 is 1.52 bits per heavy atom. The van der Waals surface area contributed by atoms with Crippen LogP contribution in [0.4, 0.5) is 0 Å². The predicted octanol–water partition coefficient (Wildman–Crippen LogP) is 1.67. The topological polar surface area (TPSA) is 112 Å². The van der Waals surface area contributed by atoms with Crippen LogP contribution in [0.2, 0.25) is 0 Å². The van der Waals surface area contributed by atoms with Crippen LogP contribution in [0.3, 0.4) is 0 Å². The number of nitrogens with zero attached hydrogens (tertiary/aromatic N) is 5. The van der Waals surface area contributed by atoms with Crippen LogP contribution in [-0.2, 0) is 25.1 Å². The molecule has 1 heterocycles. The number of carbonyl (C=O) groups excluding carboxylic acids is 1. The van der Waals surface area contributed by atoms with Gasteiger partial charge in [0.2, 0.25) is 5.91 Å². The molecule has 154 valence electrons. The van der Waals surface area contributed by atoms with Gasteiger partial charge in [-0.3, -0.25) is 4.79 Å². The lowest BCUT2D eigenvalue weighted by atomic mass is 9.63. The van der Waals surface area contributed by atoms with Gasteiger partial charge in [0.15, 0.2) is 11.4 Å². The van der Waals surface area contributed by atoms with Crippen LogP contribution in [0.15, 0.2) is 0 Å². The summed E-state index contributed by atoms with van der Waals surface area (Å²) in [4.78, 5) is 24.9. The summed E-state index contributed by atoms with van der Waals surface area (Å²) < 4.78 is 10.4. The third-order valence-electron chi connectivity index (χ3n) is 7.26. The fraction of sp³-hybridized carbons (Fsp3) is 0.667. The summed E-state index contributed by atoms with van der Waals surface area (Å²) in [5.74, 6) is -0.0398. The molecule has 2 atom stereocenters. The molecule has 0 spiro atoms. The second kappa shape index (κ2) is 7.37. The number of hydrogen-bond acceptors (Lipinski definition) is 7. The minimum absolute atomic E-state index is 0.0223. The number of carbonyl (C=O) groups is 1. The third kappa shape index (κ3) is 2.67. The highest BCUT2D eigenvalue weighted by Gasteiger charge is 2.73. The second-order valence-corrected chi connectivity index (χ2v) is 8.48. The average Bonchev–Trinajstić information content (AvgIpc) is 3.01. The van der Waals surface area contributed by atoms with Crippen LogP contribution in [0, 0.1) is 28.1 Å². The Labute approximate surface area is 171 Å². The van der Waals surface area contributed by atoms with E-state index in [0.717, 1.165) is 6.42 Å². The first kappa shape index (κ1) is 21.2. The molecule has 1 aromatic rings. The van der Waals surface area contributed by atoms with Crippen molar-refractivity contribution < 1.29 is 14.3 Å². The first-order valence-electron chi connectivity index (χ1n) is 9.75. The van der Waals surface area contributed by atoms with Gasteiger partial charge in [0.25, 0.3) is 0 Å². The van der Waals surface area contributed by atoms with Gasteiger partial charge in [0.1, 0.15) is 12.1 Å². The van der Waals surface area contributed by atoms with Crippen molar-refractivity contribution in [1.29, 1.82) is 10.5 Å². The smallest absolute Gasteiger partial charge is 0.235 e. The number of amides is 1. The van der Waals surface area contributed by atoms with E-state index >= 15 is 0 Å². The summed E-state index contributed by atoms with van der Waals surface area (Å²) in [6.45, 7) is 7.95. The van der Waals surface area contributed by atoms with E-state index in [-0.39, 0.29) is 17.3 Å². The number of hydrogen-bond donors (Lipinski definition) is 0. The molecule has 8 heteroatoms. The highest BCUT2D eigenvalue weighted by Crippen LogP contribution is 2.70. The molecule has 2 bridgehead atoms. The molecule has 1 amide bonds. The SMILES string of the molecule is COCCN(CCOC)C(=O)C12CCC(C)(c3nc(C#N)c(C#N)nc31)C2(C)C. The first-order chi connectivity index (χ1) is 13.7. The molecule has 0 aliphatic heterocycles. The first-order valence-corrected chi connectivity index (χ1v) is 9.75. The fourth-order valence-electron chi connectivity index (χ4n) is 5.10. The van der Waals surface area contributed by atoms with Gasteiger partial charge in [-0.1, -0.05) is 20.8 Å². The van der Waals surface area contributed by atoms with Crippen LogP contribution >= 0.6 is 0 Å². The normalized spacial score (nSPS) is 25.9. The molecule has 2 aliphatic carbocycles. The Balaban J connectivity index is 2.19. The number of aromatic nitrogens is 2. The van der Waals surface area contributed by atoms with E-state index in [2.05, 4.69) is 30.7 Å². The Hall–Kier alpha value is -2.55. The number of ether oxygens (including phenoxy) is 2. The zero-order valence-corrected chi connectivity index (χ0v) is 17.7. The number of fused-ring (bicyclic) bond motifs is 5. The van der Waals surface area contributed by atoms with E-state index in [1.54, 1.807) is 19.1 Å². The zero-order chi connectivity index (χ0) is 21.4. The van der Waals surface area contributed by atoms with Crippen molar-refractivity contribution in [3.8, 4) is 12.1 Å². The zero-order valence-electron chi connectivity index (χ0n) is 17.7. The summed E-state index contributed by atoms with van der Waals surface area (Å²) in [6.07, 6.45) is 1.40. The lowest BCUT2D eigenvalue weighted by Gasteiger charge is -2.42. The van der Waals surface area contributed by atoms with E-state index in [9.17, 15) is 15.3 Å². The molecule has 2 unspecified atom stereocenters. The molecule has 0 N–H and O–H groups in total.